The van der Waals surface area contributed by atoms with E-state index in [0.717, 1.165) is 16.5 Å². The van der Waals surface area contributed by atoms with E-state index in [-0.39, 0.29) is 12.4 Å². The summed E-state index contributed by atoms with van der Waals surface area (Å²) in [6.45, 7) is 2.22. The Morgan fingerprint density at radius 2 is 2.43 bits per heavy atom. The quantitative estimate of drug-likeness (QED) is 0.731. The predicted molar refractivity (Wildman–Crippen MR) is 54.4 cm³/mol. The summed E-state index contributed by atoms with van der Waals surface area (Å²) >= 11 is 1.57. The van der Waals surface area contributed by atoms with E-state index in [4.69, 9.17) is 9.15 Å². The molecule has 0 spiro atoms. The Morgan fingerprint density at radius 3 is 3.21 bits per heavy atom. The van der Waals surface area contributed by atoms with Gasteiger partial charge in [-0.2, -0.15) is 0 Å². The molecule has 0 saturated carbocycles. The summed E-state index contributed by atoms with van der Waals surface area (Å²) in [5, 5.41) is 4.92. The highest BCUT2D eigenvalue weighted by molar-refractivity contribution is 7.09. The fraction of sp³-hybridized carbons (Fsp3) is 0.300. The molecule has 0 unspecified atom stereocenters. The van der Waals surface area contributed by atoms with E-state index in [0.29, 0.717) is 6.61 Å². The van der Waals surface area contributed by atoms with E-state index >= 15 is 0 Å². The van der Waals surface area contributed by atoms with Gasteiger partial charge in [-0.15, -0.1) is 11.3 Å². The van der Waals surface area contributed by atoms with Crippen LogP contribution in [0.15, 0.2) is 21.4 Å². The van der Waals surface area contributed by atoms with Crippen LogP contribution in [0.4, 0.5) is 0 Å². The number of carbonyl (C=O) groups is 1. The zero-order valence-corrected chi connectivity index (χ0v) is 8.60. The number of hydrogen-bond donors (Lipinski definition) is 0. The van der Waals surface area contributed by atoms with Crippen molar-refractivity contribution in [2.24, 2.45) is 0 Å². The van der Waals surface area contributed by atoms with Crippen LogP contribution >= 0.6 is 11.3 Å². The topological polar surface area (TPSA) is 39.4 Å². The van der Waals surface area contributed by atoms with Crippen molar-refractivity contribution in [3.05, 3.63) is 22.6 Å². The first-order chi connectivity index (χ1) is 6.81. The molecule has 0 aliphatic heterocycles. The minimum Gasteiger partial charge on any atom is -0.466 e. The molecule has 0 aromatic carbocycles. The van der Waals surface area contributed by atoms with Crippen molar-refractivity contribution < 1.29 is 13.9 Å². The molecule has 2 rings (SSSR count). The third kappa shape index (κ3) is 1.65. The first-order valence-electron chi connectivity index (χ1n) is 4.39. The number of fused-ring (bicyclic) bond motifs is 1. The van der Waals surface area contributed by atoms with Crippen LogP contribution in [0.2, 0.25) is 0 Å². The van der Waals surface area contributed by atoms with Crippen molar-refractivity contribution in [2.75, 3.05) is 6.61 Å². The molecule has 0 radical (unpaired) electrons. The standard InChI is InChI=1S/C10H10O3S/c1-2-12-10(11)3-7-4-13-9-6-14-5-8(7)9/h4-6H,2-3H2,1H3. The molecule has 2 aromatic rings. The Labute approximate surface area is 85.3 Å². The number of esters is 1. The second kappa shape index (κ2) is 3.84. The minimum atomic E-state index is -0.207. The van der Waals surface area contributed by atoms with E-state index in [9.17, 15) is 4.79 Å². The molecular formula is C10H10O3S. The highest BCUT2D eigenvalue weighted by Crippen LogP contribution is 2.25. The van der Waals surface area contributed by atoms with Crippen LogP contribution in [0.5, 0.6) is 0 Å². The van der Waals surface area contributed by atoms with Crippen LogP contribution in [-0.4, -0.2) is 12.6 Å². The van der Waals surface area contributed by atoms with Crippen molar-refractivity contribution in [3.8, 4) is 0 Å². The molecule has 0 saturated heterocycles. The van der Waals surface area contributed by atoms with Gasteiger partial charge in [-0.3, -0.25) is 4.79 Å². The highest BCUT2D eigenvalue weighted by Gasteiger charge is 2.11. The molecule has 0 N–H and O–H groups in total. The summed E-state index contributed by atoms with van der Waals surface area (Å²) in [7, 11) is 0. The molecule has 0 aliphatic carbocycles. The lowest BCUT2D eigenvalue weighted by atomic mass is 10.2. The predicted octanol–water partition coefficient (Wildman–Crippen LogP) is 2.60. The van der Waals surface area contributed by atoms with Crippen LogP contribution in [-0.2, 0) is 16.0 Å². The third-order valence-electron chi connectivity index (χ3n) is 1.94. The SMILES string of the molecule is CCOC(=O)Cc1coc2cscc12. The summed E-state index contributed by atoms with van der Waals surface area (Å²) in [4.78, 5) is 11.2. The number of hydrogen-bond acceptors (Lipinski definition) is 4. The Morgan fingerprint density at radius 1 is 1.57 bits per heavy atom. The average Bonchev–Trinajstić information content (AvgIpc) is 2.70. The largest absolute Gasteiger partial charge is 0.466 e. The molecule has 0 amide bonds. The van der Waals surface area contributed by atoms with Crippen LogP contribution in [0.25, 0.3) is 11.0 Å². The number of rotatable bonds is 3. The highest BCUT2D eigenvalue weighted by atomic mass is 32.1. The second-order valence-corrected chi connectivity index (χ2v) is 3.64. The summed E-state index contributed by atoms with van der Waals surface area (Å²) in [5.74, 6) is -0.207. The summed E-state index contributed by atoms with van der Waals surface area (Å²) in [6.07, 6.45) is 1.91. The molecule has 0 bridgehead atoms. The van der Waals surface area contributed by atoms with Gasteiger partial charge in [-0.1, -0.05) is 0 Å². The normalized spacial score (nSPS) is 10.6. The van der Waals surface area contributed by atoms with Crippen LogP contribution in [0.1, 0.15) is 12.5 Å². The Hall–Kier alpha value is -1.29. The van der Waals surface area contributed by atoms with Crippen molar-refractivity contribution in [1.82, 2.24) is 0 Å². The molecule has 0 atom stereocenters. The van der Waals surface area contributed by atoms with Gasteiger partial charge in [-0.25, -0.2) is 0 Å². The zero-order valence-electron chi connectivity index (χ0n) is 7.78. The van der Waals surface area contributed by atoms with Gasteiger partial charge in [0.05, 0.1) is 19.3 Å². The van der Waals surface area contributed by atoms with E-state index in [1.165, 1.54) is 0 Å². The monoisotopic (exact) mass is 210 g/mol. The maximum absolute atomic E-state index is 11.2. The van der Waals surface area contributed by atoms with Gasteiger partial charge in [-0.05, 0) is 6.92 Å². The lowest BCUT2D eigenvalue weighted by Gasteiger charge is -1.98. The number of furan rings is 1. The van der Waals surface area contributed by atoms with E-state index in [1.54, 1.807) is 24.5 Å². The first kappa shape index (κ1) is 9.27. The van der Waals surface area contributed by atoms with E-state index in [2.05, 4.69) is 0 Å². The molecule has 4 heteroatoms. The van der Waals surface area contributed by atoms with Gasteiger partial charge in [0.25, 0.3) is 0 Å². The van der Waals surface area contributed by atoms with E-state index in [1.807, 2.05) is 10.8 Å². The Kier molecular flexibility index (Phi) is 2.54. The van der Waals surface area contributed by atoms with Gasteiger partial charge in [0.1, 0.15) is 5.58 Å². The maximum atomic E-state index is 11.2. The van der Waals surface area contributed by atoms with Gasteiger partial charge in [0, 0.05) is 21.7 Å². The second-order valence-electron chi connectivity index (χ2n) is 2.89. The molecule has 0 aliphatic rings. The van der Waals surface area contributed by atoms with Crippen molar-refractivity contribution in [2.45, 2.75) is 13.3 Å². The lowest BCUT2D eigenvalue weighted by molar-refractivity contribution is -0.142. The molecule has 74 valence electrons. The summed E-state index contributed by atoms with van der Waals surface area (Å²) in [5.41, 5.74) is 1.74. The molecule has 2 aromatic heterocycles. The molecule has 2 heterocycles. The number of ether oxygens (including phenoxy) is 1. The van der Waals surface area contributed by atoms with Crippen molar-refractivity contribution >= 4 is 28.3 Å². The van der Waals surface area contributed by atoms with E-state index < -0.39 is 0 Å². The summed E-state index contributed by atoms with van der Waals surface area (Å²) in [6, 6.07) is 0. The smallest absolute Gasteiger partial charge is 0.310 e. The van der Waals surface area contributed by atoms with Gasteiger partial charge in [0.2, 0.25) is 0 Å². The van der Waals surface area contributed by atoms with Crippen molar-refractivity contribution in [1.29, 1.82) is 0 Å². The molecule has 3 nitrogen and oxygen atoms in total. The van der Waals surface area contributed by atoms with Gasteiger partial charge < -0.3 is 9.15 Å². The Bertz CT molecular complexity index is 441. The Balaban J connectivity index is 2.18. The van der Waals surface area contributed by atoms with Crippen LogP contribution < -0.4 is 0 Å². The van der Waals surface area contributed by atoms with Crippen molar-refractivity contribution in [3.63, 3.8) is 0 Å². The maximum Gasteiger partial charge on any atom is 0.310 e. The van der Waals surface area contributed by atoms with Gasteiger partial charge in [0.15, 0.2) is 0 Å². The first-order valence-corrected chi connectivity index (χ1v) is 5.33. The average molecular weight is 210 g/mol. The van der Waals surface area contributed by atoms with Crippen LogP contribution in [0.3, 0.4) is 0 Å². The molecular weight excluding hydrogens is 200 g/mol. The molecule has 14 heavy (non-hydrogen) atoms. The minimum absolute atomic E-state index is 0.207. The lowest BCUT2D eigenvalue weighted by Crippen LogP contribution is -2.06. The van der Waals surface area contributed by atoms with Gasteiger partial charge >= 0.3 is 5.97 Å². The summed E-state index contributed by atoms with van der Waals surface area (Å²) < 4.78 is 10.1. The third-order valence-corrected chi connectivity index (χ3v) is 2.66. The number of thiophene rings is 1. The fourth-order valence-corrected chi connectivity index (χ4v) is 2.09. The van der Waals surface area contributed by atoms with Crippen LogP contribution in [0, 0.1) is 0 Å². The molecule has 0 fully saturated rings. The fourth-order valence-electron chi connectivity index (χ4n) is 1.31. The zero-order chi connectivity index (χ0) is 9.97. The number of carbonyl (C=O) groups excluding carboxylic acids is 1.